The Balaban J connectivity index is 0.950. The minimum absolute atomic E-state index is 0.0261. The highest BCUT2D eigenvalue weighted by Crippen LogP contribution is 2.41. The van der Waals surface area contributed by atoms with Gasteiger partial charge in [-0.1, -0.05) is 338 Å². The molecule has 0 amide bonds. The van der Waals surface area contributed by atoms with E-state index in [-0.39, 0.29) is 85.9 Å². The van der Waals surface area contributed by atoms with Gasteiger partial charge in [0.25, 0.3) is 3.79 Å². The zero-order valence-corrected chi connectivity index (χ0v) is 63.2. The minimum Gasteiger partial charge on any atom is -0.445 e. The van der Waals surface area contributed by atoms with E-state index in [0.717, 1.165) is 55.6 Å². The first-order chi connectivity index (χ1) is 54.1. The van der Waals surface area contributed by atoms with Crippen LogP contribution in [0.5, 0.6) is 0 Å². The summed E-state index contributed by atoms with van der Waals surface area (Å²) >= 11 is 19.4. The summed E-state index contributed by atoms with van der Waals surface area (Å²) in [6.07, 6.45) is -17.0. The molecule has 3 fully saturated rings. The molecule has 0 spiro atoms. The largest absolute Gasteiger partial charge is 0.445 e. The van der Waals surface area contributed by atoms with Crippen LogP contribution >= 0.6 is 34.8 Å². The van der Waals surface area contributed by atoms with Gasteiger partial charge in [0.1, 0.15) is 73.2 Å². The van der Waals surface area contributed by atoms with Crippen molar-refractivity contribution in [2.75, 3.05) is 19.8 Å². The van der Waals surface area contributed by atoms with E-state index in [0.29, 0.717) is 0 Å². The maximum Gasteiger partial charge on any atom is 0.265 e. The molecular weight excluding hydrogens is 1460 g/mol. The van der Waals surface area contributed by atoms with Crippen LogP contribution < -0.4 is 0 Å². The molecule has 20 heteroatoms. The minimum atomic E-state index is -2.31. The number of nitrogens with one attached hydrogen (secondary N) is 1. The SMILES string of the molecule is N=C(OC1O[C@H](COCc2ccccc2)[C@@H](O[C@H]2O[C@H](COCc3ccccc3)[C@@H](O[C@H]3O[C@H](COCc4ccccc4)[C@@H](OCc4ccccc4)[C@H](OCc4ccccc4)[C@H]3OCc3ccccc3)[C@H](OCc3ccccc3)[C@H]2OCc2ccccc2)[C@H](OCc2ccccc2)[C@H]1OCc1ccccc1)C(Cl)(Cl)Cl. The second kappa shape index (κ2) is 42.0. The van der Waals surface area contributed by atoms with E-state index in [1.54, 1.807) is 0 Å². The van der Waals surface area contributed by atoms with E-state index in [1.165, 1.54) is 0 Å². The van der Waals surface area contributed by atoms with Crippen molar-refractivity contribution in [1.82, 2.24) is 0 Å². The molecule has 17 nitrogen and oxygen atoms in total. The summed E-state index contributed by atoms with van der Waals surface area (Å²) < 4.78 is 113. The van der Waals surface area contributed by atoms with Gasteiger partial charge < -0.3 is 75.8 Å². The van der Waals surface area contributed by atoms with E-state index >= 15 is 0 Å². The highest BCUT2D eigenvalue weighted by molar-refractivity contribution is 6.76. The van der Waals surface area contributed by atoms with Crippen molar-refractivity contribution in [3.8, 4) is 0 Å². The molecule has 10 aromatic rings. The Morgan fingerprint density at radius 2 is 0.436 bits per heavy atom. The highest BCUT2D eigenvalue weighted by atomic mass is 35.6. The molecule has 0 radical (unpaired) electrons. The molecule has 0 saturated carbocycles. The third-order valence-electron chi connectivity index (χ3n) is 19.0. The molecule has 3 aliphatic rings. The second-order valence-corrected chi connectivity index (χ2v) is 29.4. The predicted octanol–water partition coefficient (Wildman–Crippen LogP) is 17.0. The molecule has 15 atom stereocenters. The number of halogens is 3. The molecule has 3 saturated heterocycles. The summed E-state index contributed by atoms with van der Waals surface area (Å²) in [4.78, 5) is 0. The Kier molecular flexibility index (Phi) is 30.5. The Labute approximate surface area is 658 Å². The van der Waals surface area contributed by atoms with E-state index in [2.05, 4.69) is 0 Å². The normalized spacial score (nSPS) is 24.2. The zero-order chi connectivity index (χ0) is 75.4. The van der Waals surface area contributed by atoms with Gasteiger partial charge in [0, 0.05) is 0 Å². The molecule has 10 aromatic carbocycles. The molecule has 0 bridgehead atoms. The maximum atomic E-state index is 9.06. The first kappa shape index (κ1) is 80.0. The smallest absolute Gasteiger partial charge is 0.265 e. The average molecular weight is 1550 g/mol. The average Bonchev–Trinajstić information content (AvgIpc) is 0.732. The maximum absolute atomic E-state index is 9.06. The number of hydrogen-bond donors (Lipinski definition) is 1. The Morgan fingerprint density at radius 3 is 0.682 bits per heavy atom. The fourth-order valence-corrected chi connectivity index (χ4v) is 13.6. The predicted molar refractivity (Wildman–Crippen MR) is 418 cm³/mol. The van der Waals surface area contributed by atoms with Crippen LogP contribution in [0.25, 0.3) is 0 Å². The van der Waals surface area contributed by atoms with E-state index in [4.69, 9.17) is 116 Å². The molecule has 1 unspecified atom stereocenters. The van der Waals surface area contributed by atoms with Gasteiger partial charge in [-0.15, -0.1) is 0 Å². The third kappa shape index (κ3) is 23.8. The Bertz CT molecular complexity index is 4220. The van der Waals surface area contributed by atoms with Gasteiger partial charge in [0.2, 0.25) is 12.2 Å². The van der Waals surface area contributed by atoms with Gasteiger partial charge in [0.05, 0.1) is 85.9 Å². The Hall–Kier alpha value is -8.06. The number of benzene rings is 10. The van der Waals surface area contributed by atoms with Crippen LogP contribution in [0.15, 0.2) is 303 Å². The third-order valence-corrected chi connectivity index (χ3v) is 19.5. The molecule has 1 N–H and O–H groups in total. The van der Waals surface area contributed by atoms with Crippen LogP contribution in [0.1, 0.15) is 55.6 Å². The fraction of sp³-hybridized carbons (Fsp3) is 0.322. The van der Waals surface area contributed by atoms with Gasteiger partial charge in [-0.3, -0.25) is 5.41 Å². The lowest BCUT2D eigenvalue weighted by molar-refractivity contribution is -0.393. The molecule has 13 rings (SSSR count). The Morgan fingerprint density at radius 1 is 0.245 bits per heavy atom. The van der Waals surface area contributed by atoms with Crippen molar-refractivity contribution >= 4 is 40.7 Å². The van der Waals surface area contributed by atoms with Crippen molar-refractivity contribution in [1.29, 1.82) is 5.41 Å². The van der Waals surface area contributed by atoms with Crippen LogP contribution in [0.2, 0.25) is 0 Å². The lowest BCUT2D eigenvalue weighted by atomic mass is 9.95. The molecule has 3 heterocycles. The van der Waals surface area contributed by atoms with Gasteiger partial charge >= 0.3 is 0 Å². The summed E-state index contributed by atoms with van der Waals surface area (Å²) in [5, 5.41) is 9.06. The summed E-state index contributed by atoms with van der Waals surface area (Å²) in [5.74, 6) is -0.719. The van der Waals surface area contributed by atoms with E-state index in [1.807, 2.05) is 303 Å². The van der Waals surface area contributed by atoms with Gasteiger partial charge in [-0.25, -0.2) is 0 Å². The quantitative estimate of drug-likeness (QED) is 0.0220. The lowest BCUT2D eigenvalue weighted by Crippen LogP contribution is -2.68. The van der Waals surface area contributed by atoms with Crippen molar-refractivity contribution in [3.63, 3.8) is 0 Å². The molecule has 110 heavy (non-hydrogen) atoms. The second-order valence-electron chi connectivity index (χ2n) is 27.1. The summed E-state index contributed by atoms with van der Waals surface area (Å²) in [6.45, 7) is 1.09. The molecule has 0 aromatic heterocycles. The summed E-state index contributed by atoms with van der Waals surface area (Å²) in [6, 6.07) is 98.5. The van der Waals surface area contributed by atoms with Crippen LogP contribution in [0.4, 0.5) is 0 Å². The molecule has 574 valence electrons. The topological polar surface area (TPSA) is 172 Å². The summed E-state index contributed by atoms with van der Waals surface area (Å²) in [5.41, 5.74) is 8.87. The van der Waals surface area contributed by atoms with Crippen LogP contribution in [0, 0.1) is 5.41 Å². The summed E-state index contributed by atoms with van der Waals surface area (Å²) in [7, 11) is 0. The van der Waals surface area contributed by atoms with Crippen molar-refractivity contribution in [2.45, 2.75) is 162 Å². The van der Waals surface area contributed by atoms with E-state index < -0.39 is 102 Å². The first-order valence-electron chi connectivity index (χ1n) is 37.1. The van der Waals surface area contributed by atoms with Crippen LogP contribution in [0.3, 0.4) is 0 Å². The van der Waals surface area contributed by atoms with E-state index in [9.17, 15) is 0 Å². The number of ether oxygens (including phenoxy) is 16. The lowest BCUT2D eigenvalue weighted by Gasteiger charge is -2.52. The van der Waals surface area contributed by atoms with Crippen molar-refractivity contribution in [2.24, 2.45) is 0 Å². The van der Waals surface area contributed by atoms with Crippen molar-refractivity contribution < 1.29 is 75.8 Å². The number of rotatable bonds is 38. The number of alkyl halides is 3. The van der Waals surface area contributed by atoms with Crippen LogP contribution in [-0.2, 0) is 142 Å². The fourth-order valence-electron chi connectivity index (χ4n) is 13.4. The van der Waals surface area contributed by atoms with Gasteiger partial charge in [-0.2, -0.15) is 0 Å². The van der Waals surface area contributed by atoms with Gasteiger partial charge in [-0.05, 0) is 55.6 Å². The molecule has 0 aliphatic carbocycles. The first-order valence-corrected chi connectivity index (χ1v) is 38.3. The number of hydrogen-bond acceptors (Lipinski definition) is 17. The standard InChI is InChI=1S/C90H92Cl3NO16/c91-90(92,93)89(94)110-88-85(104-60-73-49-29-10-30-50-73)82(101-57-70-43-23-7-24-44-70)79(76(107-88)63-97-53-66-35-15-3-16-36-66)109-87-84(103-59-72-47-27-9-28-48-72)81(100-56-69-41-21-6-22-42-69)78(75(106-87)62-96-52-65-33-13-2-14-34-65)108-86-83(102-58-71-45-25-8-26-46-71)80(99-55-68-39-19-5-20-40-68)77(98-54-67-37-17-4-18-38-67)74(105-86)61-95-51-64-31-11-1-12-32-64/h1-50,74-88,94H,51-63H2/t74-,75-,76-,77-,78-,79-,80+,81+,82+,83-,84-,85-,86-,87-,88?/m1/s1. The molecular formula is C90H92Cl3NO16. The monoisotopic (exact) mass is 1550 g/mol. The highest BCUT2D eigenvalue weighted by Gasteiger charge is 2.58. The van der Waals surface area contributed by atoms with Crippen LogP contribution in [-0.4, -0.2) is 122 Å². The zero-order valence-electron chi connectivity index (χ0n) is 60.9. The van der Waals surface area contributed by atoms with Crippen molar-refractivity contribution in [3.05, 3.63) is 359 Å². The molecule has 3 aliphatic heterocycles. The van der Waals surface area contributed by atoms with Gasteiger partial charge in [0.15, 0.2) is 12.6 Å².